The van der Waals surface area contributed by atoms with Crippen molar-refractivity contribution in [3.63, 3.8) is 0 Å². The van der Waals surface area contributed by atoms with Gasteiger partial charge in [0.05, 0.1) is 34.6 Å². The SMILES string of the molecule is O=c1[nH]cnc2ccc(Sc3cnc(N4CCC5(CC4)Cc4cccnc4C5)cn3)c(Cl)c12. The molecule has 166 valence electrons. The van der Waals surface area contributed by atoms with Crippen LogP contribution in [0.1, 0.15) is 24.1 Å². The average molecular weight is 477 g/mol. The molecule has 9 heteroatoms. The predicted octanol–water partition coefficient (Wildman–Crippen LogP) is 4.30. The third-order valence-corrected chi connectivity index (χ3v) is 8.27. The molecular formula is C24H21ClN6OS. The van der Waals surface area contributed by atoms with Gasteiger partial charge >= 0.3 is 0 Å². The highest BCUT2D eigenvalue weighted by Crippen LogP contribution is 2.44. The van der Waals surface area contributed by atoms with E-state index in [4.69, 9.17) is 11.6 Å². The second-order valence-corrected chi connectivity index (χ2v) is 10.2. The number of nitrogens with one attached hydrogen (secondary N) is 1. The van der Waals surface area contributed by atoms with E-state index in [-0.39, 0.29) is 5.56 Å². The lowest BCUT2D eigenvalue weighted by molar-refractivity contribution is 0.231. The molecule has 0 amide bonds. The van der Waals surface area contributed by atoms with Gasteiger partial charge in [0.15, 0.2) is 0 Å². The molecule has 1 aliphatic heterocycles. The lowest BCUT2D eigenvalue weighted by Crippen LogP contribution is -2.41. The van der Waals surface area contributed by atoms with E-state index in [0.717, 1.165) is 54.5 Å². The number of hydrogen-bond donors (Lipinski definition) is 1. The maximum Gasteiger partial charge on any atom is 0.260 e. The smallest absolute Gasteiger partial charge is 0.260 e. The fourth-order valence-corrected chi connectivity index (χ4v) is 6.12. The van der Waals surface area contributed by atoms with Gasteiger partial charge in [0.2, 0.25) is 0 Å². The first kappa shape index (κ1) is 20.6. The van der Waals surface area contributed by atoms with Crippen molar-refractivity contribution in [2.24, 2.45) is 5.41 Å². The maximum atomic E-state index is 12.2. The van der Waals surface area contributed by atoms with Crippen LogP contribution >= 0.6 is 23.4 Å². The number of halogens is 1. The second kappa shape index (κ2) is 8.11. The molecule has 1 N–H and O–H groups in total. The van der Waals surface area contributed by atoms with Crippen LogP contribution in [0.3, 0.4) is 0 Å². The Morgan fingerprint density at radius 3 is 2.70 bits per heavy atom. The number of piperidine rings is 1. The minimum absolute atomic E-state index is 0.252. The van der Waals surface area contributed by atoms with E-state index in [1.165, 1.54) is 29.3 Å². The molecule has 0 saturated carbocycles. The van der Waals surface area contributed by atoms with Crippen molar-refractivity contribution >= 4 is 40.1 Å². The van der Waals surface area contributed by atoms with E-state index >= 15 is 0 Å². The summed E-state index contributed by atoms with van der Waals surface area (Å²) in [7, 11) is 0. The summed E-state index contributed by atoms with van der Waals surface area (Å²) in [4.78, 5) is 35.8. The average Bonchev–Trinajstić information content (AvgIpc) is 3.19. The number of benzene rings is 1. The first-order chi connectivity index (χ1) is 16.1. The molecule has 1 spiro atoms. The highest BCUT2D eigenvalue weighted by atomic mass is 35.5. The van der Waals surface area contributed by atoms with Gasteiger partial charge in [0.25, 0.3) is 5.56 Å². The number of aromatic amines is 1. The number of pyridine rings is 1. The Kier molecular flexibility index (Phi) is 5.07. The molecule has 0 atom stereocenters. The molecule has 3 aromatic heterocycles. The molecule has 1 saturated heterocycles. The number of aromatic nitrogens is 5. The number of nitrogens with zero attached hydrogens (tertiary/aromatic N) is 5. The monoisotopic (exact) mass is 476 g/mol. The van der Waals surface area contributed by atoms with Crippen molar-refractivity contribution in [1.82, 2.24) is 24.9 Å². The second-order valence-electron chi connectivity index (χ2n) is 8.77. The zero-order chi connectivity index (χ0) is 22.4. The van der Waals surface area contributed by atoms with E-state index in [1.54, 1.807) is 12.3 Å². The molecule has 0 bridgehead atoms. The Morgan fingerprint density at radius 2 is 1.91 bits per heavy atom. The molecule has 4 heterocycles. The largest absolute Gasteiger partial charge is 0.355 e. The van der Waals surface area contributed by atoms with Gasteiger partial charge < -0.3 is 9.88 Å². The summed E-state index contributed by atoms with van der Waals surface area (Å²) in [5.74, 6) is 0.896. The summed E-state index contributed by atoms with van der Waals surface area (Å²) >= 11 is 7.89. The van der Waals surface area contributed by atoms with Crippen LogP contribution in [0.4, 0.5) is 5.82 Å². The van der Waals surface area contributed by atoms with Crippen molar-refractivity contribution in [1.29, 1.82) is 0 Å². The van der Waals surface area contributed by atoms with Crippen LogP contribution in [-0.2, 0) is 12.8 Å². The van der Waals surface area contributed by atoms with Gasteiger partial charge in [0.1, 0.15) is 10.8 Å². The minimum atomic E-state index is -0.252. The number of rotatable bonds is 3. The number of fused-ring (bicyclic) bond motifs is 2. The number of anilines is 1. The minimum Gasteiger partial charge on any atom is -0.355 e. The predicted molar refractivity (Wildman–Crippen MR) is 129 cm³/mol. The van der Waals surface area contributed by atoms with E-state index < -0.39 is 0 Å². The van der Waals surface area contributed by atoms with Gasteiger partial charge in [-0.05, 0) is 54.9 Å². The Balaban J connectivity index is 1.15. The van der Waals surface area contributed by atoms with Crippen LogP contribution in [0.2, 0.25) is 5.02 Å². The van der Waals surface area contributed by atoms with Crippen LogP contribution in [0.25, 0.3) is 10.9 Å². The molecule has 6 rings (SSSR count). The first-order valence-corrected chi connectivity index (χ1v) is 12.1. The maximum absolute atomic E-state index is 12.2. The van der Waals surface area contributed by atoms with Crippen molar-refractivity contribution < 1.29 is 0 Å². The third kappa shape index (κ3) is 3.77. The molecular weight excluding hydrogens is 456 g/mol. The fraction of sp³-hybridized carbons (Fsp3) is 0.292. The zero-order valence-corrected chi connectivity index (χ0v) is 19.4. The van der Waals surface area contributed by atoms with Gasteiger partial charge in [-0.15, -0.1) is 0 Å². The third-order valence-electron chi connectivity index (χ3n) is 6.78. The van der Waals surface area contributed by atoms with Crippen LogP contribution in [0, 0.1) is 5.41 Å². The van der Waals surface area contributed by atoms with Crippen molar-refractivity contribution in [2.45, 2.75) is 35.6 Å². The van der Waals surface area contributed by atoms with Gasteiger partial charge in [-0.2, -0.15) is 0 Å². The highest BCUT2D eigenvalue weighted by Gasteiger charge is 2.40. The molecule has 1 aromatic carbocycles. The quantitative estimate of drug-likeness (QED) is 0.471. The lowest BCUT2D eigenvalue weighted by atomic mass is 9.76. The summed E-state index contributed by atoms with van der Waals surface area (Å²) in [6.07, 6.45) is 11.4. The number of hydrogen-bond acceptors (Lipinski definition) is 7. The van der Waals surface area contributed by atoms with Crippen LogP contribution in [0.5, 0.6) is 0 Å². The van der Waals surface area contributed by atoms with E-state index in [0.29, 0.717) is 21.3 Å². The first-order valence-electron chi connectivity index (χ1n) is 10.9. The molecule has 0 unspecified atom stereocenters. The van der Waals surface area contributed by atoms with Gasteiger partial charge in [-0.3, -0.25) is 9.78 Å². The standard InChI is InChI=1S/C24H21ClN6OS/c25-22-18(4-3-16-21(22)23(32)30-14-29-16)33-20-13-27-19(12-28-20)31-8-5-24(6-9-31)10-15-2-1-7-26-17(15)11-24/h1-4,7,12-14H,5-6,8-11H2,(H,29,30,32). The fourth-order valence-electron chi connectivity index (χ4n) is 5.00. The van der Waals surface area contributed by atoms with Crippen LogP contribution in [0.15, 0.2) is 63.9 Å². The summed E-state index contributed by atoms with van der Waals surface area (Å²) in [5.41, 5.74) is 3.35. The molecule has 0 radical (unpaired) electrons. The van der Waals surface area contributed by atoms with E-state index in [2.05, 4.69) is 35.9 Å². The Bertz CT molecular complexity index is 1370. The van der Waals surface area contributed by atoms with Crippen molar-refractivity contribution in [3.8, 4) is 0 Å². The molecule has 7 nitrogen and oxygen atoms in total. The zero-order valence-electron chi connectivity index (χ0n) is 17.8. The van der Waals surface area contributed by atoms with Crippen LogP contribution < -0.4 is 10.5 Å². The summed E-state index contributed by atoms with van der Waals surface area (Å²) in [6.45, 7) is 1.95. The molecule has 4 aromatic rings. The molecule has 33 heavy (non-hydrogen) atoms. The summed E-state index contributed by atoms with van der Waals surface area (Å²) in [6, 6.07) is 7.92. The topological polar surface area (TPSA) is 87.7 Å². The lowest BCUT2D eigenvalue weighted by Gasteiger charge is -2.39. The molecule has 1 fully saturated rings. The van der Waals surface area contributed by atoms with Crippen molar-refractivity contribution in [2.75, 3.05) is 18.0 Å². The Hall–Kier alpha value is -2.97. The molecule has 2 aliphatic rings. The van der Waals surface area contributed by atoms with Crippen LogP contribution in [-0.4, -0.2) is 38.0 Å². The Labute approximate surface area is 199 Å². The van der Waals surface area contributed by atoms with E-state index in [1.807, 2.05) is 24.5 Å². The molecule has 1 aliphatic carbocycles. The normalized spacial score (nSPS) is 16.9. The van der Waals surface area contributed by atoms with Gasteiger partial charge in [-0.1, -0.05) is 29.4 Å². The highest BCUT2D eigenvalue weighted by molar-refractivity contribution is 7.99. The van der Waals surface area contributed by atoms with E-state index in [9.17, 15) is 4.79 Å². The summed E-state index contributed by atoms with van der Waals surface area (Å²) in [5, 5.41) is 1.50. The van der Waals surface area contributed by atoms with Gasteiger partial charge in [-0.25, -0.2) is 15.0 Å². The van der Waals surface area contributed by atoms with Crippen molar-refractivity contribution in [3.05, 3.63) is 75.8 Å². The summed E-state index contributed by atoms with van der Waals surface area (Å²) < 4.78 is 0. The Morgan fingerprint density at radius 1 is 1.03 bits per heavy atom. The number of H-pyrrole nitrogens is 1. The van der Waals surface area contributed by atoms with Gasteiger partial charge in [0, 0.05) is 29.9 Å².